The molecule has 0 saturated heterocycles. The van der Waals surface area contributed by atoms with Crippen LogP contribution in [0.3, 0.4) is 0 Å². The normalized spacial score (nSPS) is 13.7. The van der Waals surface area contributed by atoms with Crippen LogP contribution in [0.4, 0.5) is 5.82 Å². The van der Waals surface area contributed by atoms with Crippen molar-refractivity contribution in [3.63, 3.8) is 0 Å². The molecule has 0 aliphatic carbocycles. The molecule has 6 rings (SSSR count). The smallest absolute Gasteiger partial charge is 0.140 e. The van der Waals surface area contributed by atoms with Crippen LogP contribution in [0, 0.1) is 13.8 Å². The number of aromatic nitrogens is 4. The van der Waals surface area contributed by atoms with E-state index in [0.717, 1.165) is 67.0 Å². The van der Waals surface area contributed by atoms with Crippen molar-refractivity contribution < 1.29 is 4.74 Å². The first kappa shape index (κ1) is 20.2. The van der Waals surface area contributed by atoms with E-state index in [4.69, 9.17) is 4.74 Å². The zero-order valence-electron chi connectivity index (χ0n) is 18.4. The number of hydrogen-bond donors (Lipinski definition) is 1. The van der Waals surface area contributed by atoms with E-state index in [1.165, 1.54) is 5.56 Å². The molecule has 0 unspecified atom stereocenters. The lowest BCUT2D eigenvalue weighted by Crippen LogP contribution is -2.26. The second-order valence-electron chi connectivity index (χ2n) is 8.49. The average molecular weight is 500 g/mol. The van der Waals surface area contributed by atoms with E-state index >= 15 is 0 Å². The van der Waals surface area contributed by atoms with E-state index in [1.807, 2.05) is 6.92 Å². The first-order valence-electron chi connectivity index (χ1n) is 10.9. The fourth-order valence-corrected chi connectivity index (χ4v) is 5.25. The fraction of sp³-hybridized carbons (Fsp3) is 0.192. The highest BCUT2D eigenvalue weighted by Gasteiger charge is 2.20. The number of ether oxygens (including phenoxy) is 1. The molecule has 0 saturated carbocycles. The van der Waals surface area contributed by atoms with Crippen LogP contribution in [0.1, 0.15) is 17.0 Å². The molecule has 0 fully saturated rings. The molecular formula is C26H22BrN5O. The van der Waals surface area contributed by atoms with Crippen LogP contribution < -0.4 is 9.64 Å². The molecule has 1 N–H and O–H groups in total. The van der Waals surface area contributed by atoms with Crippen molar-refractivity contribution in [3.05, 3.63) is 76.3 Å². The van der Waals surface area contributed by atoms with Crippen molar-refractivity contribution in [1.82, 2.24) is 19.9 Å². The molecule has 33 heavy (non-hydrogen) atoms. The minimum Gasteiger partial charge on any atom is -0.491 e. The van der Waals surface area contributed by atoms with E-state index in [0.29, 0.717) is 13.2 Å². The maximum absolute atomic E-state index is 6.11. The van der Waals surface area contributed by atoms with Gasteiger partial charge in [-0.15, -0.1) is 0 Å². The molecule has 3 heterocycles. The van der Waals surface area contributed by atoms with Gasteiger partial charge in [0.05, 0.1) is 23.1 Å². The van der Waals surface area contributed by atoms with Crippen LogP contribution in [0.2, 0.25) is 0 Å². The van der Waals surface area contributed by atoms with Crippen molar-refractivity contribution in [2.24, 2.45) is 0 Å². The predicted molar refractivity (Wildman–Crippen MR) is 135 cm³/mol. The Morgan fingerprint density at radius 1 is 1.00 bits per heavy atom. The lowest BCUT2D eigenvalue weighted by molar-refractivity contribution is 0.331. The highest BCUT2D eigenvalue weighted by atomic mass is 79.9. The zero-order valence-corrected chi connectivity index (χ0v) is 20.0. The van der Waals surface area contributed by atoms with Crippen LogP contribution in [0.25, 0.3) is 33.1 Å². The number of anilines is 1. The number of fused-ring (bicyclic) bond motifs is 3. The zero-order chi connectivity index (χ0) is 22.5. The van der Waals surface area contributed by atoms with Gasteiger partial charge in [0.15, 0.2) is 0 Å². The summed E-state index contributed by atoms with van der Waals surface area (Å²) in [6.07, 6.45) is 1.64. The van der Waals surface area contributed by atoms with Gasteiger partial charge < -0.3 is 14.6 Å². The number of rotatable bonds is 2. The average Bonchev–Trinajstić information content (AvgIpc) is 3.04. The van der Waals surface area contributed by atoms with Gasteiger partial charge in [-0.1, -0.05) is 12.1 Å². The van der Waals surface area contributed by atoms with Crippen molar-refractivity contribution >= 4 is 43.7 Å². The second kappa shape index (κ2) is 7.85. The Kier molecular flexibility index (Phi) is 4.80. The molecule has 1 aliphatic heterocycles. The second-order valence-corrected chi connectivity index (χ2v) is 9.34. The summed E-state index contributed by atoms with van der Waals surface area (Å²) in [5, 5.41) is 1.05. The van der Waals surface area contributed by atoms with Gasteiger partial charge in [0, 0.05) is 22.0 Å². The maximum atomic E-state index is 6.11. The van der Waals surface area contributed by atoms with Gasteiger partial charge in [0.25, 0.3) is 0 Å². The number of nitrogens with zero attached hydrogens (tertiary/aromatic N) is 4. The third kappa shape index (κ3) is 3.62. The molecule has 0 atom stereocenters. The largest absolute Gasteiger partial charge is 0.491 e. The summed E-state index contributed by atoms with van der Waals surface area (Å²) < 4.78 is 7.10. The number of aromatic amines is 1. The Morgan fingerprint density at radius 3 is 2.76 bits per heavy atom. The minimum atomic E-state index is 0.601. The lowest BCUT2D eigenvalue weighted by Gasteiger charge is -2.22. The summed E-state index contributed by atoms with van der Waals surface area (Å²) in [6, 6.07) is 17.0. The highest BCUT2D eigenvalue weighted by Crippen LogP contribution is 2.34. The topological polar surface area (TPSA) is 66.9 Å². The third-order valence-electron chi connectivity index (χ3n) is 6.09. The van der Waals surface area contributed by atoms with Gasteiger partial charge >= 0.3 is 0 Å². The fourth-order valence-electron chi connectivity index (χ4n) is 4.57. The van der Waals surface area contributed by atoms with Gasteiger partial charge in [-0.2, -0.15) is 0 Å². The molecule has 164 valence electrons. The van der Waals surface area contributed by atoms with E-state index in [9.17, 15) is 0 Å². The van der Waals surface area contributed by atoms with E-state index < -0.39 is 0 Å². The number of hydrogen-bond acceptors (Lipinski definition) is 5. The van der Waals surface area contributed by atoms with Crippen molar-refractivity contribution in [2.75, 3.05) is 18.1 Å². The number of benzene rings is 3. The van der Waals surface area contributed by atoms with Crippen molar-refractivity contribution in [3.8, 4) is 16.9 Å². The van der Waals surface area contributed by atoms with Gasteiger partial charge in [-0.25, -0.2) is 15.0 Å². The molecule has 0 bridgehead atoms. The summed E-state index contributed by atoms with van der Waals surface area (Å²) in [5.41, 5.74) is 7.57. The maximum Gasteiger partial charge on any atom is 0.140 e. The predicted octanol–water partition coefficient (Wildman–Crippen LogP) is 5.95. The van der Waals surface area contributed by atoms with Gasteiger partial charge in [-0.3, -0.25) is 0 Å². The van der Waals surface area contributed by atoms with Crippen LogP contribution in [-0.2, 0) is 6.54 Å². The van der Waals surface area contributed by atoms with Crippen LogP contribution in [-0.4, -0.2) is 33.1 Å². The number of halogens is 1. The molecule has 6 nitrogen and oxygen atoms in total. The molecule has 0 radical (unpaired) electrons. The SMILES string of the molecule is Cc1cc(Br)c2ncnc(N3CCOc4ccc(-c5ccc6nc(C)[nH]c6c5)cc4C3)c2c1. The van der Waals surface area contributed by atoms with Gasteiger partial charge in [0.1, 0.15) is 30.3 Å². The molecular weight excluding hydrogens is 478 g/mol. The molecule has 5 aromatic rings. The van der Waals surface area contributed by atoms with Gasteiger partial charge in [0.2, 0.25) is 0 Å². The number of imidazole rings is 1. The summed E-state index contributed by atoms with van der Waals surface area (Å²) in [7, 11) is 0. The quantitative estimate of drug-likeness (QED) is 0.325. The van der Waals surface area contributed by atoms with E-state index in [2.05, 4.69) is 96.2 Å². The monoisotopic (exact) mass is 499 g/mol. The first-order valence-corrected chi connectivity index (χ1v) is 11.7. The summed E-state index contributed by atoms with van der Waals surface area (Å²) >= 11 is 3.66. The molecule has 7 heteroatoms. The van der Waals surface area contributed by atoms with Crippen LogP contribution in [0.5, 0.6) is 5.75 Å². The van der Waals surface area contributed by atoms with E-state index in [1.54, 1.807) is 6.33 Å². The molecule has 0 spiro atoms. The minimum absolute atomic E-state index is 0.601. The highest BCUT2D eigenvalue weighted by molar-refractivity contribution is 9.10. The van der Waals surface area contributed by atoms with Crippen molar-refractivity contribution in [2.45, 2.75) is 20.4 Å². The Bertz CT molecular complexity index is 1530. The number of nitrogens with one attached hydrogen (secondary N) is 1. The molecule has 3 aromatic carbocycles. The Hall–Kier alpha value is -3.45. The van der Waals surface area contributed by atoms with Crippen LogP contribution in [0.15, 0.2) is 59.3 Å². The van der Waals surface area contributed by atoms with E-state index in [-0.39, 0.29) is 0 Å². The Morgan fingerprint density at radius 2 is 1.85 bits per heavy atom. The lowest BCUT2D eigenvalue weighted by atomic mass is 10.0. The summed E-state index contributed by atoms with van der Waals surface area (Å²) in [5.74, 6) is 2.78. The number of aryl methyl sites for hydroxylation is 2. The first-order chi connectivity index (χ1) is 16.0. The Balaban J connectivity index is 1.41. The standard InChI is InChI=1S/C26H22BrN5O/c1-15-9-20-25(21(27)10-15)28-14-29-26(20)32-7-8-33-24-6-4-17(11-19(24)13-32)18-3-5-22-23(12-18)31-16(2)30-22/h3-6,9-12,14H,7-8,13H2,1-2H3,(H,30,31). The third-order valence-corrected chi connectivity index (χ3v) is 6.69. The van der Waals surface area contributed by atoms with Crippen LogP contribution >= 0.6 is 15.9 Å². The number of H-pyrrole nitrogens is 1. The Labute approximate surface area is 199 Å². The molecule has 2 aromatic heterocycles. The molecule has 0 amide bonds. The molecule has 1 aliphatic rings. The summed E-state index contributed by atoms with van der Waals surface area (Å²) in [6.45, 7) is 6.13. The van der Waals surface area contributed by atoms with Crippen molar-refractivity contribution in [1.29, 1.82) is 0 Å². The van der Waals surface area contributed by atoms with Gasteiger partial charge in [-0.05, 0) is 82.9 Å². The summed E-state index contributed by atoms with van der Waals surface area (Å²) in [4.78, 5) is 19.3.